The molecule has 0 spiro atoms. The second kappa shape index (κ2) is 7.49. The summed E-state index contributed by atoms with van der Waals surface area (Å²) in [5.74, 6) is -0.00148. The van der Waals surface area contributed by atoms with E-state index >= 15 is 0 Å². The molecule has 6 nitrogen and oxygen atoms in total. The maximum absolute atomic E-state index is 12.7. The van der Waals surface area contributed by atoms with Gasteiger partial charge in [-0.15, -0.1) is 0 Å². The van der Waals surface area contributed by atoms with Crippen molar-refractivity contribution in [1.29, 1.82) is 0 Å². The zero-order chi connectivity index (χ0) is 19.8. The van der Waals surface area contributed by atoms with Crippen LogP contribution in [0.2, 0.25) is 0 Å². The first-order valence-electron chi connectivity index (χ1n) is 10.2. The molecule has 3 aliphatic rings. The molecule has 2 saturated carbocycles. The number of hydrogen-bond donors (Lipinski definition) is 1. The molecule has 4 rings (SSSR count). The Labute approximate surface area is 164 Å². The van der Waals surface area contributed by atoms with Crippen LogP contribution in [0.1, 0.15) is 78.1 Å². The zero-order valence-corrected chi connectivity index (χ0v) is 16.2. The Morgan fingerprint density at radius 3 is 2.61 bits per heavy atom. The first-order valence-corrected chi connectivity index (χ1v) is 10.2. The summed E-state index contributed by atoms with van der Waals surface area (Å²) in [4.78, 5) is 50.7. The van der Waals surface area contributed by atoms with Gasteiger partial charge in [-0.2, -0.15) is 0 Å². The summed E-state index contributed by atoms with van der Waals surface area (Å²) < 4.78 is 0. The number of hydrogen-bond acceptors (Lipinski definition) is 4. The topological polar surface area (TPSA) is 83.6 Å². The molecular formula is C22H26N2O4. The number of carbonyl (C=O) groups is 4. The first kappa shape index (κ1) is 18.8. The van der Waals surface area contributed by atoms with Gasteiger partial charge in [0, 0.05) is 30.1 Å². The summed E-state index contributed by atoms with van der Waals surface area (Å²) in [6.45, 7) is 2.38. The summed E-state index contributed by atoms with van der Waals surface area (Å²) in [6.07, 6.45) is 5.42. The van der Waals surface area contributed by atoms with Crippen LogP contribution in [-0.4, -0.2) is 40.4 Å². The number of carbonyl (C=O) groups excluding carboxylic acids is 4. The van der Waals surface area contributed by atoms with E-state index in [1.165, 1.54) is 12.8 Å². The molecule has 2 fully saturated rings. The van der Waals surface area contributed by atoms with Crippen LogP contribution in [0.15, 0.2) is 18.2 Å². The van der Waals surface area contributed by atoms with Crippen LogP contribution >= 0.6 is 0 Å². The predicted molar refractivity (Wildman–Crippen MR) is 103 cm³/mol. The minimum atomic E-state index is -0.530. The number of Topliss-reactive ketones (excluding diaryl/α,β-unsaturated/α-hetero) is 2. The number of benzene rings is 1. The smallest absolute Gasteiger partial charge is 0.255 e. The number of nitrogens with zero attached hydrogens (tertiary/aromatic N) is 1. The van der Waals surface area contributed by atoms with Crippen molar-refractivity contribution < 1.29 is 19.2 Å². The molecule has 1 aliphatic heterocycles. The largest absolute Gasteiger partial charge is 0.349 e. The maximum atomic E-state index is 12.7. The lowest BCUT2D eigenvalue weighted by molar-refractivity contribution is -0.133. The highest BCUT2D eigenvalue weighted by molar-refractivity contribution is 6.08. The van der Waals surface area contributed by atoms with Crippen molar-refractivity contribution in [2.75, 3.05) is 0 Å². The van der Waals surface area contributed by atoms with Crippen molar-refractivity contribution in [3.8, 4) is 0 Å². The molecular weight excluding hydrogens is 356 g/mol. The van der Waals surface area contributed by atoms with E-state index in [1.54, 1.807) is 23.1 Å². The number of ketones is 2. The van der Waals surface area contributed by atoms with Gasteiger partial charge in [0.25, 0.3) is 11.8 Å². The van der Waals surface area contributed by atoms with Crippen molar-refractivity contribution >= 4 is 23.4 Å². The van der Waals surface area contributed by atoms with E-state index in [4.69, 9.17) is 0 Å². The van der Waals surface area contributed by atoms with E-state index < -0.39 is 6.04 Å². The molecule has 28 heavy (non-hydrogen) atoms. The summed E-state index contributed by atoms with van der Waals surface area (Å²) in [5.41, 5.74) is 1.87. The van der Waals surface area contributed by atoms with E-state index in [0.717, 1.165) is 18.4 Å². The lowest BCUT2D eigenvalue weighted by atomic mass is 9.92. The highest BCUT2D eigenvalue weighted by atomic mass is 16.2. The second-order valence-electron chi connectivity index (χ2n) is 8.35. The average molecular weight is 382 g/mol. The molecule has 0 radical (unpaired) electrons. The van der Waals surface area contributed by atoms with Gasteiger partial charge in [-0.05, 0) is 55.9 Å². The van der Waals surface area contributed by atoms with Gasteiger partial charge in [-0.25, -0.2) is 0 Å². The summed E-state index contributed by atoms with van der Waals surface area (Å²) >= 11 is 0. The van der Waals surface area contributed by atoms with Crippen molar-refractivity contribution in [2.24, 2.45) is 5.92 Å². The van der Waals surface area contributed by atoms with Crippen molar-refractivity contribution in [3.63, 3.8) is 0 Å². The Kier molecular flexibility index (Phi) is 5.04. The highest BCUT2D eigenvalue weighted by Crippen LogP contribution is 2.30. The van der Waals surface area contributed by atoms with E-state index in [1.807, 2.05) is 0 Å². The van der Waals surface area contributed by atoms with E-state index in [9.17, 15) is 19.2 Å². The summed E-state index contributed by atoms with van der Waals surface area (Å²) in [5, 5.41) is 3.10. The van der Waals surface area contributed by atoms with Gasteiger partial charge in [0.05, 0.1) is 12.5 Å². The number of fused-ring (bicyclic) bond motifs is 1. The van der Waals surface area contributed by atoms with Gasteiger partial charge in [0.15, 0.2) is 5.78 Å². The third-order valence-corrected chi connectivity index (χ3v) is 6.48. The molecule has 0 aromatic heterocycles. The molecule has 2 amide bonds. The van der Waals surface area contributed by atoms with Crippen LogP contribution in [0, 0.1) is 5.92 Å². The SMILES string of the molecule is C[C@@H](NC(=O)c1ccc2c(c1)CN(C1CCC(=O)CC1=O)C2=O)C1CCCC1. The van der Waals surface area contributed by atoms with Crippen molar-refractivity contribution in [2.45, 2.75) is 70.5 Å². The standard InChI is InChI=1S/C22H26N2O4/c1-13(14-4-2-3-5-14)23-21(27)15-6-8-18-16(10-15)12-24(22(18)28)19-9-7-17(25)11-20(19)26/h6,8,10,13-14,19H,2-5,7,9,11-12H2,1H3,(H,23,27)/t13-,19?/m1/s1. The van der Waals surface area contributed by atoms with Crippen LogP contribution < -0.4 is 5.32 Å². The summed E-state index contributed by atoms with van der Waals surface area (Å²) in [6, 6.07) is 4.74. The van der Waals surface area contributed by atoms with E-state index in [0.29, 0.717) is 36.4 Å². The van der Waals surface area contributed by atoms with Gasteiger partial charge in [0.2, 0.25) is 0 Å². The molecule has 1 aromatic rings. The zero-order valence-electron chi connectivity index (χ0n) is 16.2. The van der Waals surface area contributed by atoms with Crippen molar-refractivity contribution in [3.05, 3.63) is 34.9 Å². The molecule has 6 heteroatoms. The van der Waals surface area contributed by atoms with Gasteiger partial charge >= 0.3 is 0 Å². The molecule has 0 saturated heterocycles. The maximum Gasteiger partial charge on any atom is 0.255 e. The quantitative estimate of drug-likeness (QED) is 0.812. The molecule has 1 N–H and O–H groups in total. The number of nitrogens with one attached hydrogen (secondary N) is 1. The molecule has 2 aliphatic carbocycles. The molecule has 1 unspecified atom stereocenters. The molecule has 2 atom stereocenters. The van der Waals surface area contributed by atoms with Crippen LogP contribution in [0.3, 0.4) is 0 Å². The lowest BCUT2D eigenvalue weighted by Gasteiger charge is -2.29. The van der Waals surface area contributed by atoms with Gasteiger partial charge in [-0.3, -0.25) is 19.2 Å². The van der Waals surface area contributed by atoms with Crippen LogP contribution in [0.5, 0.6) is 0 Å². The van der Waals surface area contributed by atoms with Crippen LogP contribution in [-0.2, 0) is 16.1 Å². The number of rotatable bonds is 4. The summed E-state index contributed by atoms with van der Waals surface area (Å²) in [7, 11) is 0. The Bertz CT molecular complexity index is 841. The Morgan fingerprint density at radius 2 is 1.89 bits per heavy atom. The van der Waals surface area contributed by atoms with Crippen LogP contribution in [0.25, 0.3) is 0 Å². The molecule has 148 valence electrons. The Hall–Kier alpha value is -2.50. The lowest BCUT2D eigenvalue weighted by Crippen LogP contribution is -2.44. The van der Waals surface area contributed by atoms with Gasteiger partial charge in [-0.1, -0.05) is 12.8 Å². The third kappa shape index (κ3) is 3.48. The normalized spacial score (nSPS) is 23.8. The van der Waals surface area contributed by atoms with Crippen molar-refractivity contribution in [1.82, 2.24) is 10.2 Å². The Balaban J connectivity index is 1.46. The predicted octanol–water partition coefficient (Wildman–Crippen LogP) is 2.64. The highest BCUT2D eigenvalue weighted by Gasteiger charge is 2.39. The van der Waals surface area contributed by atoms with Crippen LogP contribution in [0.4, 0.5) is 0 Å². The third-order valence-electron chi connectivity index (χ3n) is 6.48. The average Bonchev–Trinajstić information content (AvgIpc) is 3.30. The first-order chi connectivity index (χ1) is 13.4. The van der Waals surface area contributed by atoms with E-state index in [2.05, 4.69) is 12.2 Å². The minimum Gasteiger partial charge on any atom is -0.349 e. The number of amides is 2. The molecule has 1 heterocycles. The fourth-order valence-electron chi connectivity index (χ4n) is 4.79. The molecule has 0 bridgehead atoms. The van der Waals surface area contributed by atoms with E-state index in [-0.39, 0.29) is 35.8 Å². The fraction of sp³-hybridized carbons (Fsp3) is 0.545. The minimum absolute atomic E-state index is 0.0549. The van der Waals surface area contributed by atoms with Gasteiger partial charge < -0.3 is 10.2 Å². The molecule has 1 aromatic carbocycles. The fourth-order valence-corrected chi connectivity index (χ4v) is 4.79. The Morgan fingerprint density at radius 1 is 1.14 bits per heavy atom. The monoisotopic (exact) mass is 382 g/mol. The van der Waals surface area contributed by atoms with Gasteiger partial charge in [0.1, 0.15) is 5.78 Å². The second-order valence-corrected chi connectivity index (χ2v) is 8.35.